The van der Waals surface area contributed by atoms with Crippen molar-refractivity contribution in [1.82, 2.24) is 5.01 Å². The number of alkyl halides is 1. The zero-order chi connectivity index (χ0) is 13.1. The van der Waals surface area contributed by atoms with Crippen molar-refractivity contribution in [2.24, 2.45) is 0 Å². The predicted octanol–water partition coefficient (Wildman–Crippen LogP) is 1.73. The van der Waals surface area contributed by atoms with Crippen LogP contribution in [0.5, 0.6) is 0 Å². The van der Waals surface area contributed by atoms with E-state index >= 15 is 0 Å². The molecule has 1 fully saturated rings. The fraction of sp³-hybridized carbons (Fsp3) is 0.417. The molecule has 0 saturated carbocycles. The van der Waals surface area contributed by atoms with Crippen molar-refractivity contribution in [3.8, 4) is 0 Å². The first-order chi connectivity index (χ1) is 8.56. The van der Waals surface area contributed by atoms with Crippen molar-refractivity contribution >= 4 is 11.7 Å². The molecule has 1 aromatic rings. The standard InChI is InChI=1S/C12H15FN2O3/c1-8-6-15(7-11(13)18-8)14-10-5-3-2-4-9(10)12(16)17/h2-5,8,11,14H,6-7H2,1H3,(H,16,17). The predicted molar refractivity (Wildman–Crippen MR) is 64.0 cm³/mol. The van der Waals surface area contributed by atoms with Crippen LogP contribution in [0, 0.1) is 0 Å². The monoisotopic (exact) mass is 254 g/mol. The molecule has 1 heterocycles. The van der Waals surface area contributed by atoms with Crippen LogP contribution in [0.4, 0.5) is 10.1 Å². The molecule has 1 saturated heterocycles. The molecule has 0 radical (unpaired) electrons. The Labute approximate surface area is 104 Å². The summed E-state index contributed by atoms with van der Waals surface area (Å²) in [5.41, 5.74) is 3.53. The highest BCUT2D eigenvalue weighted by Gasteiger charge is 2.25. The van der Waals surface area contributed by atoms with Crippen LogP contribution in [0.15, 0.2) is 24.3 Å². The second-order valence-corrected chi connectivity index (χ2v) is 4.22. The van der Waals surface area contributed by atoms with Crippen molar-refractivity contribution in [2.75, 3.05) is 18.5 Å². The molecule has 0 aliphatic carbocycles. The minimum atomic E-state index is -1.36. The van der Waals surface area contributed by atoms with Crippen molar-refractivity contribution in [2.45, 2.75) is 19.4 Å². The van der Waals surface area contributed by atoms with E-state index in [0.717, 1.165) is 0 Å². The normalized spacial score (nSPS) is 24.8. The van der Waals surface area contributed by atoms with Gasteiger partial charge in [-0.1, -0.05) is 12.1 Å². The number of benzene rings is 1. The number of hydrogen-bond acceptors (Lipinski definition) is 4. The number of hydrazine groups is 1. The molecule has 1 aliphatic rings. The van der Waals surface area contributed by atoms with E-state index < -0.39 is 12.3 Å². The van der Waals surface area contributed by atoms with Gasteiger partial charge in [0.2, 0.25) is 6.36 Å². The van der Waals surface area contributed by atoms with Gasteiger partial charge in [-0.05, 0) is 19.1 Å². The molecular formula is C12H15FN2O3. The number of para-hydroxylation sites is 1. The lowest BCUT2D eigenvalue weighted by Crippen LogP contribution is -2.47. The molecular weight excluding hydrogens is 239 g/mol. The van der Waals surface area contributed by atoms with Crippen molar-refractivity contribution in [3.05, 3.63) is 29.8 Å². The molecule has 0 bridgehead atoms. The molecule has 1 aliphatic heterocycles. The summed E-state index contributed by atoms with van der Waals surface area (Å²) in [6, 6.07) is 6.53. The Morgan fingerprint density at radius 3 is 2.89 bits per heavy atom. The zero-order valence-electron chi connectivity index (χ0n) is 9.97. The van der Waals surface area contributed by atoms with Gasteiger partial charge in [0, 0.05) is 6.54 Å². The Hall–Kier alpha value is -1.66. The lowest BCUT2D eigenvalue weighted by Gasteiger charge is -2.34. The number of hydrogen-bond donors (Lipinski definition) is 2. The zero-order valence-corrected chi connectivity index (χ0v) is 9.97. The summed E-state index contributed by atoms with van der Waals surface area (Å²) in [5, 5.41) is 10.7. The molecule has 6 heteroatoms. The Morgan fingerprint density at radius 1 is 1.50 bits per heavy atom. The van der Waals surface area contributed by atoms with Gasteiger partial charge in [0.1, 0.15) is 0 Å². The van der Waals surface area contributed by atoms with E-state index in [1.54, 1.807) is 30.1 Å². The first-order valence-electron chi connectivity index (χ1n) is 5.69. The Balaban J connectivity index is 2.11. The lowest BCUT2D eigenvalue weighted by atomic mass is 10.2. The van der Waals surface area contributed by atoms with E-state index in [9.17, 15) is 9.18 Å². The van der Waals surface area contributed by atoms with Crippen LogP contribution in [0.25, 0.3) is 0 Å². The van der Waals surface area contributed by atoms with Gasteiger partial charge >= 0.3 is 5.97 Å². The number of morpholine rings is 1. The highest BCUT2D eigenvalue weighted by atomic mass is 19.1. The highest BCUT2D eigenvalue weighted by molar-refractivity contribution is 5.94. The topological polar surface area (TPSA) is 61.8 Å². The number of nitrogens with zero attached hydrogens (tertiary/aromatic N) is 1. The van der Waals surface area contributed by atoms with Gasteiger partial charge in [-0.3, -0.25) is 0 Å². The largest absolute Gasteiger partial charge is 0.478 e. The maximum absolute atomic E-state index is 13.2. The minimum absolute atomic E-state index is 0.0678. The van der Waals surface area contributed by atoms with Gasteiger partial charge < -0.3 is 15.3 Å². The number of carboxylic acids is 1. The molecule has 0 spiro atoms. The lowest BCUT2D eigenvalue weighted by molar-refractivity contribution is -0.131. The van der Waals surface area contributed by atoms with Crippen molar-refractivity contribution in [1.29, 1.82) is 0 Å². The number of nitrogens with one attached hydrogen (secondary N) is 1. The highest BCUT2D eigenvalue weighted by Crippen LogP contribution is 2.18. The van der Waals surface area contributed by atoms with Gasteiger partial charge in [0.05, 0.1) is 23.9 Å². The molecule has 2 unspecified atom stereocenters. The van der Waals surface area contributed by atoms with Gasteiger partial charge in [0.25, 0.3) is 0 Å². The van der Waals surface area contributed by atoms with E-state index in [4.69, 9.17) is 9.84 Å². The van der Waals surface area contributed by atoms with Crippen LogP contribution in [0.1, 0.15) is 17.3 Å². The van der Waals surface area contributed by atoms with Crippen LogP contribution in [0.3, 0.4) is 0 Å². The minimum Gasteiger partial charge on any atom is -0.478 e. The molecule has 2 rings (SSSR count). The maximum atomic E-state index is 13.2. The van der Waals surface area contributed by atoms with E-state index in [-0.39, 0.29) is 18.2 Å². The smallest absolute Gasteiger partial charge is 0.337 e. The fourth-order valence-corrected chi connectivity index (χ4v) is 1.93. The van der Waals surface area contributed by atoms with Crippen LogP contribution < -0.4 is 5.43 Å². The summed E-state index contributed by atoms with van der Waals surface area (Å²) in [4.78, 5) is 11.0. The summed E-state index contributed by atoms with van der Waals surface area (Å²) >= 11 is 0. The Bertz CT molecular complexity index is 431. The number of ether oxygens (including phenoxy) is 1. The summed E-state index contributed by atoms with van der Waals surface area (Å²) in [7, 11) is 0. The first-order valence-corrected chi connectivity index (χ1v) is 5.69. The summed E-state index contributed by atoms with van der Waals surface area (Å²) < 4.78 is 18.2. The van der Waals surface area contributed by atoms with Gasteiger partial charge in [-0.15, -0.1) is 0 Å². The number of carboxylic acid groups (broad SMARTS) is 1. The number of rotatable bonds is 3. The maximum Gasteiger partial charge on any atom is 0.337 e. The molecule has 5 nitrogen and oxygen atoms in total. The van der Waals surface area contributed by atoms with E-state index in [2.05, 4.69) is 5.43 Å². The molecule has 0 amide bonds. The van der Waals surface area contributed by atoms with E-state index in [0.29, 0.717) is 12.2 Å². The van der Waals surface area contributed by atoms with Crippen LogP contribution >= 0.6 is 0 Å². The second kappa shape index (κ2) is 5.32. The van der Waals surface area contributed by atoms with E-state index in [1.807, 2.05) is 0 Å². The molecule has 0 aromatic heterocycles. The van der Waals surface area contributed by atoms with E-state index in [1.165, 1.54) is 6.07 Å². The van der Waals surface area contributed by atoms with Gasteiger partial charge in [0.15, 0.2) is 0 Å². The van der Waals surface area contributed by atoms with Crippen LogP contribution in [0.2, 0.25) is 0 Å². The third-order valence-electron chi connectivity index (χ3n) is 2.66. The number of anilines is 1. The average Bonchev–Trinajstić information content (AvgIpc) is 2.27. The summed E-state index contributed by atoms with van der Waals surface area (Å²) in [6.45, 7) is 2.33. The molecule has 98 valence electrons. The second-order valence-electron chi connectivity index (χ2n) is 4.22. The Morgan fingerprint density at radius 2 is 2.22 bits per heavy atom. The summed E-state index contributed by atoms with van der Waals surface area (Å²) in [6.07, 6.45) is -1.60. The Kier molecular flexibility index (Phi) is 3.78. The van der Waals surface area contributed by atoms with Crippen molar-refractivity contribution < 1.29 is 19.0 Å². The van der Waals surface area contributed by atoms with Crippen LogP contribution in [-0.2, 0) is 4.74 Å². The van der Waals surface area contributed by atoms with Gasteiger partial charge in [-0.25, -0.2) is 14.2 Å². The fourth-order valence-electron chi connectivity index (χ4n) is 1.93. The number of halogens is 1. The quantitative estimate of drug-likeness (QED) is 0.860. The van der Waals surface area contributed by atoms with Gasteiger partial charge in [-0.2, -0.15) is 0 Å². The third kappa shape index (κ3) is 2.96. The van der Waals surface area contributed by atoms with Crippen LogP contribution in [-0.4, -0.2) is 41.6 Å². The number of aromatic carboxylic acids is 1. The third-order valence-corrected chi connectivity index (χ3v) is 2.66. The molecule has 18 heavy (non-hydrogen) atoms. The van der Waals surface area contributed by atoms with Crippen molar-refractivity contribution in [3.63, 3.8) is 0 Å². The average molecular weight is 254 g/mol. The number of carbonyl (C=O) groups is 1. The molecule has 1 aromatic carbocycles. The molecule has 2 atom stereocenters. The first kappa shape index (κ1) is 12.8. The SMILES string of the molecule is CC1CN(Nc2ccccc2C(=O)O)CC(F)O1. The summed E-state index contributed by atoms with van der Waals surface area (Å²) in [5.74, 6) is -1.02. The molecule has 2 N–H and O–H groups in total.